The van der Waals surface area contributed by atoms with Gasteiger partial charge in [0.15, 0.2) is 5.82 Å². The lowest BCUT2D eigenvalue weighted by atomic mass is 10.3. The van der Waals surface area contributed by atoms with Crippen LogP contribution in [0, 0.1) is 0 Å². The Labute approximate surface area is 129 Å². The molecule has 2 rings (SSSR count). The van der Waals surface area contributed by atoms with Gasteiger partial charge in [-0.25, -0.2) is 0 Å². The number of nitrogens with zero attached hydrogens (tertiary/aromatic N) is 3. The number of carbonyl (C=O) groups excluding carboxylic acids is 1. The predicted molar refractivity (Wildman–Crippen MR) is 87.3 cm³/mol. The summed E-state index contributed by atoms with van der Waals surface area (Å²) in [5, 5.41) is 16.9. The lowest BCUT2D eigenvalue weighted by Crippen LogP contribution is -2.07. The van der Waals surface area contributed by atoms with Gasteiger partial charge in [0.2, 0.25) is 11.9 Å². The van der Waals surface area contributed by atoms with Gasteiger partial charge in [0.25, 0.3) is 0 Å². The number of hydrogen-bond acceptors (Lipinski definition) is 6. The second kappa shape index (κ2) is 7.92. The smallest absolute Gasteiger partial charge is 0.249 e. The van der Waals surface area contributed by atoms with E-state index in [0.717, 1.165) is 25.1 Å². The fourth-order valence-corrected chi connectivity index (χ4v) is 1.84. The van der Waals surface area contributed by atoms with Gasteiger partial charge >= 0.3 is 0 Å². The number of carbonyl (C=O) groups is 1. The Kier molecular flexibility index (Phi) is 5.65. The molecule has 22 heavy (non-hydrogen) atoms. The van der Waals surface area contributed by atoms with Gasteiger partial charge in [-0.3, -0.25) is 4.79 Å². The van der Waals surface area contributed by atoms with E-state index in [-0.39, 0.29) is 5.91 Å². The third kappa shape index (κ3) is 5.01. The van der Waals surface area contributed by atoms with Crippen molar-refractivity contribution in [3.8, 4) is 0 Å². The van der Waals surface area contributed by atoms with Crippen LogP contribution in [0.1, 0.15) is 26.7 Å². The molecule has 0 spiro atoms. The molecule has 0 atom stereocenters. The normalized spacial score (nSPS) is 10.1. The van der Waals surface area contributed by atoms with Crippen molar-refractivity contribution in [2.24, 2.45) is 0 Å². The number of unbranched alkanes of at least 4 members (excludes halogenated alkanes) is 1. The van der Waals surface area contributed by atoms with Crippen molar-refractivity contribution in [3.63, 3.8) is 0 Å². The van der Waals surface area contributed by atoms with Crippen molar-refractivity contribution in [2.75, 3.05) is 22.5 Å². The van der Waals surface area contributed by atoms with Crippen LogP contribution in [0.15, 0.2) is 30.5 Å². The average Bonchev–Trinajstić information content (AvgIpc) is 2.47. The number of aromatic nitrogens is 3. The van der Waals surface area contributed by atoms with Gasteiger partial charge in [-0.05, 0) is 24.6 Å². The van der Waals surface area contributed by atoms with Crippen LogP contribution < -0.4 is 16.0 Å². The van der Waals surface area contributed by atoms with Gasteiger partial charge in [0.1, 0.15) is 0 Å². The molecular weight excluding hydrogens is 280 g/mol. The Bertz CT molecular complexity index is 631. The van der Waals surface area contributed by atoms with Crippen molar-refractivity contribution in [1.29, 1.82) is 0 Å². The number of nitrogens with one attached hydrogen (secondary N) is 3. The number of benzene rings is 1. The van der Waals surface area contributed by atoms with Crippen molar-refractivity contribution in [3.05, 3.63) is 30.5 Å². The van der Waals surface area contributed by atoms with Gasteiger partial charge < -0.3 is 16.0 Å². The molecule has 0 saturated heterocycles. The zero-order valence-corrected chi connectivity index (χ0v) is 12.8. The van der Waals surface area contributed by atoms with E-state index in [1.807, 2.05) is 24.3 Å². The molecular formula is C15H20N6O. The van der Waals surface area contributed by atoms with Gasteiger partial charge in [0.05, 0.1) is 6.20 Å². The summed E-state index contributed by atoms with van der Waals surface area (Å²) < 4.78 is 0. The standard InChI is InChI=1S/C15H20N6O/c1-3-4-8-16-14-10-17-21-15(20-14)19-13-7-5-6-12(9-13)18-11(2)22/h5-7,9-10H,3-4,8H2,1-2H3,(H,18,22)(H2,16,19,20,21). The van der Waals surface area contributed by atoms with Crippen LogP contribution in [0.5, 0.6) is 0 Å². The molecule has 0 saturated carbocycles. The maximum Gasteiger partial charge on any atom is 0.249 e. The molecule has 0 aliphatic rings. The molecule has 1 amide bonds. The average molecular weight is 300 g/mol. The van der Waals surface area contributed by atoms with Crippen LogP contribution in [0.4, 0.5) is 23.1 Å². The summed E-state index contributed by atoms with van der Waals surface area (Å²) in [6.07, 6.45) is 3.78. The third-order valence-corrected chi connectivity index (χ3v) is 2.83. The van der Waals surface area contributed by atoms with Crippen LogP contribution in [-0.4, -0.2) is 27.6 Å². The minimum Gasteiger partial charge on any atom is -0.369 e. The fourth-order valence-electron chi connectivity index (χ4n) is 1.84. The van der Waals surface area contributed by atoms with Gasteiger partial charge in [-0.15, -0.1) is 5.10 Å². The molecule has 0 aliphatic heterocycles. The molecule has 0 aliphatic carbocycles. The summed E-state index contributed by atoms with van der Waals surface area (Å²) in [4.78, 5) is 15.4. The van der Waals surface area contributed by atoms with E-state index in [1.165, 1.54) is 6.92 Å². The number of rotatable bonds is 7. The number of anilines is 4. The molecule has 0 bridgehead atoms. The molecule has 1 heterocycles. The minimum absolute atomic E-state index is 0.114. The fraction of sp³-hybridized carbons (Fsp3) is 0.333. The molecule has 7 heteroatoms. The summed E-state index contributed by atoms with van der Waals surface area (Å²) in [6.45, 7) is 4.46. The molecule has 116 valence electrons. The minimum atomic E-state index is -0.114. The molecule has 0 radical (unpaired) electrons. The lowest BCUT2D eigenvalue weighted by molar-refractivity contribution is -0.114. The highest BCUT2D eigenvalue weighted by molar-refractivity contribution is 5.89. The van der Waals surface area contributed by atoms with Crippen molar-refractivity contribution >= 4 is 29.0 Å². The van der Waals surface area contributed by atoms with Crippen molar-refractivity contribution < 1.29 is 4.79 Å². The Morgan fingerprint density at radius 3 is 2.86 bits per heavy atom. The van der Waals surface area contributed by atoms with E-state index in [1.54, 1.807) is 6.20 Å². The second-order valence-electron chi connectivity index (χ2n) is 4.83. The zero-order chi connectivity index (χ0) is 15.8. The van der Waals surface area contributed by atoms with E-state index >= 15 is 0 Å². The van der Waals surface area contributed by atoms with Crippen molar-refractivity contribution in [2.45, 2.75) is 26.7 Å². The summed E-state index contributed by atoms with van der Waals surface area (Å²) in [5.41, 5.74) is 1.49. The van der Waals surface area contributed by atoms with E-state index in [2.05, 4.69) is 38.1 Å². The van der Waals surface area contributed by atoms with Crippen LogP contribution >= 0.6 is 0 Å². The molecule has 1 aromatic heterocycles. The molecule has 2 aromatic rings. The SMILES string of the molecule is CCCCNc1cnnc(Nc2cccc(NC(C)=O)c2)n1. The first kappa shape index (κ1) is 15.7. The van der Waals surface area contributed by atoms with E-state index < -0.39 is 0 Å². The maximum absolute atomic E-state index is 11.1. The van der Waals surface area contributed by atoms with Gasteiger partial charge in [0, 0.05) is 24.8 Å². The summed E-state index contributed by atoms with van der Waals surface area (Å²) in [7, 11) is 0. The highest BCUT2D eigenvalue weighted by Gasteiger charge is 2.02. The molecule has 0 fully saturated rings. The third-order valence-electron chi connectivity index (χ3n) is 2.83. The highest BCUT2D eigenvalue weighted by Crippen LogP contribution is 2.18. The van der Waals surface area contributed by atoms with Crippen LogP contribution in [0.2, 0.25) is 0 Å². The van der Waals surface area contributed by atoms with Gasteiger partial charge in [-0.2, -0.15) is 10.1 Å². The Balaban J connectivity index is 2.03. The zero-order valence-electron chi connectivity index (χ0n) is 12.8. The molecule has 0 unspecified atom stereocenters. The summed E-state index contributed by atoms with van der Waals surface area (Å²) in [5.74, 6) is 0.975. The predicted octanol–water partition coefficient (Wildman–Crippen LogP) is 2.79. The Hall–Kier alpha value is -2.70. The molecule has 3 N–H and O–H groups in total. The quantitative estimate of drug-likeness (QED) is 0.681. The van der Waals surface area contributed by atoms with Crippen LogP contribution in [0.25, 0.3) is 0 Å². The van der Waals surface area contributed by atoms with Crippen molar-refractivity contribution in [1.82, 2.24) is 15.2 Å². The Morgan fingerprint density at radius 1 is 1.27 bits per heavy atom. The maximum atomic E-state index is 11.1. The van der Waals surface area contributed by atoms with E-state index in [9.17, 15) is 4.79 Å². The summed E-state index contributed by atoms with van der Waals surface area (Å²) in [6, 6.07) is 7.33. The highest BCUT2D eigenvalue weighted by atomic mass is 16.1. The first-order chi connectivity index (χ1) is 10.7. The topological polar surface area (TPSA) is 91.8 Å². The first-order valence-corrected chi connectivity index (χ1v) is 7.25. The monoisotopic (exact) mass is 300 g/mol. The molecule has 1 aromatic carbocycles. The summed E-state index contributed by atoms with van der Waals surface area (Å²) >= 11 is 0. The van der Waals surface area contributed by atoms with E-state index in [4.69, 9.17) is 0 Å². The van der Waals surface area contributed by atoms with Crippen LogP contribution in [0.3, 0.4) is 0 Å². The second-order valence-corrected chi connectivity index (χ2v) is 4.83. The van der Waals surface area contributed by atoms with E-state index in [0.29, 0.717) is 17.5 Å². The van der Waals surface area contributed by atoms with Crippen LogP contribution in [-0.2, 0) is 4.79 Å². The first-order valence-electron chi connectivity index (χ1n) is 7.25. The largest absolute Gasteiger partial charge is 0.369 e. The number of amides is 1. The number of hydrogen-bond donors (Lipinski definition) is 3. The van der Waals surface area contributed by atoms with Gasteiger partial charge in [-0.1, -0.05) is 19.4 Å². The molecule has 7 nitrogen and oxygen atoms in total. The lowest BCUT2D eigenvalue weighted by Gasteiger charge is -2.08. The Morgan fingerprint density at radius 2 is 2.09 bits per heavy atom.